The molecule has 0 aromatic carbocycles. The van der Waals surface area contributed by atoms with Gasteiger partial charge in [0.2, 0.25) is 0 Å². The van der Waals surface area contributed by atoms with Crippen LogP contribution in [0.5, 0.6) is 0 Å². The molecule has 0 aliphatic heterocycles. The molecular formula is C14H22N4O. The van der Waals surface area contributed by atoms with Crippen LogP contribution in [0.25, 0.3) is 0 Å². The van der Waals surface area contributed by atoms with E-state index in [-0.39, 0.29) is 0 Å². The van der Waals surface area contributed by atoms with Crippen molar-refractivity contribution < 1.29 is 4.52 Å². The highest BCUT2D eigenvalue weighted by Crippen LogP contribution is 2.11. The maximum Gasteiger partial charge on any atom is 0.138 e. The first kappa shape index (κ1) is 13.8. The first-order valence-corrected chi connectivity index (χ1v) is 6.71. The molecule has 0 radical (unpaired) electrons. The maximum absolute atomic E-state index is 5.14. The molecule has 2 heterocycles. The summed E-state index contributed by atoms with van der Waals surface area (Å²) in [6.45, 7) is 10.8. The largest absolute Gasteiger partial charge is 0.361 e. The van der Waals surface area contributed by atoms with Crippen molar-refractivity contribution in [3.63, 3.8) is 0 Å². The van der Waals surface area contributed by atoms with E-state index >= 15 is 0 Å². The Bertz CT molecular complexity index is 522. The van der Waals surface area contributed by atoms with Crippen LogP contribution in [0.3, 0.4) is 0 Å². The van der Waals surface area contributed by atoms with Crippen LogP contribution in [0.4, 0.5) is 0 Å². The van der Waals surface area contributed by atoms with Gasteiger partial charge in [-0.15, -0.1) is 0 Å². The minimum atomic E-state index is 0.818. The van der Waals surface area contributed by atoms with Crippen molar-refractivity contribution in [3.05, 3.63) is 34.5 Å². The fraction of sp³-hybridized carbons (Fsp3) is 0.571. The van der Waals surface area contributed by atoms with Gasteiger partial charge in [0.1, 0.15) is 5.76 Å². The third kappa shape index (κ3) is 3.44. The normalized spacial score (nSPS) is 11.2. The van der Waals surface area contributed by atoms with Crippen LogP contribution < -0.4 is 5.32 Å². The van der Waals surface area contributed by atoms with Crippen molar-refractivity contribution in [1.82, 2.24) is 20.3 Å². The molecule has 0 aliphatic rings. The molecule has 0 aliphatic carbocycles. The average Bonchev–Trinajstić information content (AvgIpc) is 2.84. The van der Waals surface area contributed by atoms with E-state index in [1.165, 1.54) is 11.3 Å². The Hall–Kier alpha value is -1.62. The summed E-state index contributed by atoms with van der Waals surface area (Å²) in [6.07, 6.45) is 1.06. The lowest BCUT2D eigenvalue weighted by molar-refractivity contribution is 0.391. The van der Waals surface area contributed by atoms with Crippen molar-refractivity contribution in [1.29, 1.82) is 0 Å². The van der Waals surface area contributed by atoms with E-state index in [2.05, 4.69) is 33.2 Å². The Balaban J connectivity index is 1.72. The zero-order valence-corrected chi connectivity index (χ0v) is 12.2. The zero-order valence-electron chi connectivity index (χ0n) is 12.2. The van der Waals surface area contributed by atoms with Gasteiger partial charge in [-0.1, -0.05) is 5.16 Å². The van der Waals surface area contributed by atoms with Gasteiger partial charge in [0, 0.05) is 24.3 Å². The molecular weight excluding hydrogens is 240 g/mol. The topological polar surface area (TPSA) is 55.9 Å². The molecule has 5 heteroatoms. The van der Waals surface area contributed by atoms with Gasteiger partial charge in [-0.25, -0.2) is 0 Å². The lowest BCUT2D eigenvalue weighted by Crippen LogP contribution is -2.17. The second kappa shape index (κ2) is 6.02. The van der Waals surface area contributed by atoms with Crippen molar-refractivity contribution in [3.8, 4) is 0 Å². The molecule has 2 aromatic heterocycles. The van der Waals surface area contributed by atoms with E-state index < -0.39 is 0 Å². The van der Waals surface area contributed by atoms with E-state index in [1.54, 1.807) is 0 Å². The van der Waals surface area contributed by atoms with E-state index in [9.17, 15) is 0 Å². The third-order valence-electron chi connectivity index (χ3n) is 3.31. The molecule has 0 amide bonds. The Morgan fingerprint density at radius 2 is 2.05 bits per heavy atom. The smallest absolute Gasteiger partial charge is 0.138 e. The number of nitrogens with one attached hydrogen (secondary N) is 1. The first-order valence-electron chi connectivity index (χ1n) is 6.71. The van der Waals surface area contributed by atoms with Gasteiger partial charge in [-0.2, -0.15) is 5.10 Å². The van der Waals surface area contributed by atoms with Gasteiger partial charge in [0.05, 0.1) is 11.4 Å². The van der Waals surface area contributed by atoms with Crippen molar-refractivity contribution in [2.24, 2.45) is 0 Å². The fourth-order valence-corrected chi connectivity index (χ4v) is 2.22. The lowest BCUT2D eigenvalue weighted by atomic mass is 10.2. The molecule has 0 unspecified atom stereocenters. The molecule has 19 heavy (non-hydrogen) atoms. The van der Waals surface area contributed by atoms with Crippen LogP contribution in [0.15, 0.2) is 10.6 Å². The summed E-state index contributed by atoms with van der Waals surface area (Å²) in [5.74, 6) is 0.906. The monoisotopic (exact) mass is 262 g/mol. The van der Waals surface area contributed by atoms with Gasteiger partial charge in [-0.05, 0) is 46.7 Å². The fourth-order valence-electron chi connectivity index (χ4n) is 2.22. The van der Waals surface area contributed by atoms with Crippen LogP contribution in [0, 0.1) is 27.7 Å². The van der Waals surface area contributed by atoms with Crippen LogP contribution in [-0.2, 0) is 13.1 Å². The summed E-state index contributed by atoms with van der Waals surface area (Å²) in [5, 5.41) is 11.8. The standard InChI is InChI=1S/C14H22N4O/c1-10-8-11(2)18(16-10)7-5-6-15-9-14-12(3)17-19-13(14)4/h8,15H,5-7,9H2,1-4H3. The molecule has 0 fully saturated rings. The second-order valence-electron chi connectivity index (χ2n) is 4.98. The van der Waals surface area contributed by atoms with Crippen LogP contribution in [0.1, 0.15) is 34.8 Å². The molecule has 1 N–H and O–H groups in total. The molecule has 2 rings (SSSR count). The lowest BCUT2D eigenvalue weighted by Gasteiger charge is -2.06. The van der Waals surface area contributed by atoms with Crippen molar-refractivity contribution >= 4 is 0 Å². The molecule has 0 saturated carbocycles. The maximum atomic E-state index is 5.14. The third-order valence-corrected chi connectivity index (χ3v) is 3.31. The van der Waals surface area contributed by atoms with Gasteiger partial charge in [-0.3, -0.25) is 4.68 Å². The van der Waals surface area contributed by atoms with Gasteiger partial charge in [0.25, 0.3) is 0 Å². The summed E-state index contributed by atoms with van der Waals surface area (Å²) in [4.78, 5) is 0. The van der Waals surface area contributed by atoms with E-state index in [1.807, 2.05) is 20.8 Å². The minimum absolute atomic E-state index is 0.818. The summed E-state index contributed by atoms with van der Waals surface area (Å²) in [7, 11) is 0. The molecule has 0 bridgehead atoms. The van der Waals surface area contributed by atoms with Crippen molar-refractivity contribution in [2.75, 3.05) is 6.54 Å². The number of hydrogen-bond donors (Lipinski definition) is 1. The quantitative estimate of drug-likeness (QED) is 0.811. The molecule has 0 atom stereocenters. The predicted octanol–water partition coefficient (Wildman–Crippen LogP) is 2.28. The Kier molecular flexibility index (Phi) is 4.37. The van der Waals surface area contributed by atoms with Gasteiger partial charge < -0.3 is 9.84 Å². The van der Waals surface area contributed by atoms with Gasteiger partial charge >= 0.3 is 0 Å². The Morgan fingerprint density at radius 1 is 1.26 bits per heavy atom. The highest BCUT2D eigenvalue weighted by molar-refractivity contribution is 5.20. The highest BCUT2D eigenvalue weighted by atomic mass is 16.5. The highest BCUT2D eigenvalue weighted by Gasteiger charge is 2.07. The molecule has 0 spiro atoms. The van der Waals surface area contributed by atoms with Gasteiger partial charge in [0.15, 0.2) is 0 Å². The number of aromatic nitrogens is 3. The molecule has 5 nitrogen and oxygen atoms in total. The summed E-state index contributed by atoms with van der Waals surface area (Å²) < 4.78 is 7.20. The summed E-state index contributed by atoms with van der Waals surface area (Å²) >= 11 is 0. The summed E-state index contributed by atoms with van der Waals surface area (Å²) in [6, 6.07) is 2.11. The van der Waals surface area contributed by atoms with E-state index in [0.29, 0.717) is 0 Å². The SMILES string of the molecule is Cc1cc(C)n(CCCNCc2c(C)noc2C)n1. The Labute approximate surface area is 114 Å². The first-order chi connectivity index (χ1) is 9.08. The number of aryl methyl sites for hydroxylation is 5. The van der Waals surface area contributed by atoms with Crippen molar-refractivity contribution in [2.45, 2.75) is 47.2 Å². The summed E-state index contributed by atoms with van der Waals surface area (Å²) in [5.41, 5.74) is 4.46. The van der Waals surface area contributed by atoms with E-state index in [4.69, 9.17) is 4.52 Å². The molecule has 0 saturated heterocycles. The van der Waals surface area contributed by atoms with Crippen LogP contribution >= 0.6 is 0 Å². The second-order valence-corrected chi connectivity index (χ2v) is 4.98. The minimum Gasteiger partial charge on any atom is -0.361 e. The van der Waals surface area contributed by atoms with E-state index in [0.717, 1.165) is 43.2 Å². The zero-order chi connectivity index (χ0) is 13.8. The molecule has 104 valence electrons. The predicted molar refractivity (Wildman–Crippen MR) is 74.0 cm³/mol. The van der Waals surface area contributed by atoms with Crippen LogP contribution in [-0.4, -0.2) is 21.5 Å². The van der Waals surface area contributed by atoms with Crippen LogP contribution in [0.2, 0.25) is 0 Å². The number of hydrogen-bond acceptors (Lipinski definition) is 4. The number of nitrogens with zero attached hydrogens (tertiary/aromatic N) is 3. The number of rotatable bonds is 6. The average molecular weight is 262 g/mol. The molecule has 2 aromatic rings. The Morgan fingerprint density at radius 3 is 2.63 bits per heavy atom.